The minimum absolute atomic E-state index is 0.0656. The molecule has 17 heavy (non-hydrogen) atoms. The summed E-state index contributed by atoms with van der Waals surface area (Å²) in [6.45, 7) is 3.94. The van der Waals surface area contributed by atoms with Crippen LogP contribution in [0.1, 0.15) is 16.7 Å². The average Bonchev–Trinajstić information content (AvgIpc) is 2.34. The highest BCUT2D eigenvalue weighted by Crippen LogP contribution is 2.22. The largest absolute Gasteiger partial charge is 0.424 e. The first kappa shape index (κ1) is 11.5. The summed E-state index contributed by atoms with van der Waals surface area (Å²) in [5, 5.41) is 8.87. The summed E-state index contributed by atoms with van der Waals surface area (Å²) in [6, 6.07) is 6.20. The van der Waals surface area contributed by atoms with E-state index >= 15 is 0 Å². The molecule has 0 aliphatic carbocycles. The SMILES string of the molecule is Cc1ccc(Oc2ncc(CO)cn2)c(C)c1. The van der Waals surface area contributed by atoms with E-state index in [0.717, 1.165) is 11.3 Å². The molecule has 0 aliphatic heterocycles. The van der Waals surface area contributed by atoms with Gasteiger partial charge in [-0.25, -0.2) is 9.97 Å². The van der Waals surface area contributed by atoms with E-state index in [1.54, 1.807) is 12.4 Å². The van der Waals surface area contributed by atoms with Crippen molar-refractivity contribution >= 4 is 0 Å². The van der Waals surface area contributed by atoms with Gasteiger partial charge in [-0.2, -0.15) is 0 Å². The van der Waals surface area contributed by atoms with Crippen LogP contribution in [-0.2, 0) is 6.61 Å². The third-order valence-electron chi connectivity index (χ3n) is 2.40. The molecule has 0 amide bonds. The third-order valence-corrected chi connectivity index (χ3v) is 2.40. The van der Waals surface area contributed by atoms with Gasteiger partial charge in [-0.15, -0.1) is 0 Å². The summed E-state index contributed by atoms with van der Waals surface area (Å²) in [6.07, 6.45) is 3.09. The number of benzene rings is 1. The molecule has 88 valence electrons. The zero-order valence-electron chi connectivity index (χ0n) is 9.84. The van der Waals surface area contributed by atoms with E-state index in [0.29, 0.717) is 5.56 Å². The number of hydrogen-bond acceptors (Lipinski definition) is 4. The van der Waals surface area contributed by atoms with E-state index in [1.165, 1.54) is 5.56 Å². The molecule has 0 aliphatic rings. The Hall–Kier alpha value is -1.94. The van der Waals surface area contributed by atoms with Gasteiger partial charge in [0.25, 0.3) is 0 Å². The second-order valence-corrected chi connectivity index (χ2v) is 3.90. The Morgan fingerprint density at radius 2 is 1.88 bits per heavy atom. The van der Waals surface area contributed by atoms with Crippen LogP contribution < -0.4 is 4.74 Å². The predicted octanol–water partition coefficient (Wildman–Crippen LogP) is 2.38. The molecule has 0 spiro atoms. The molecule has 0 saturated heterocycles. The number of ether oxygens (including phenoxy) is 1. The van der Waals surface area contributed by atoms with Crippen LogP contribution in [0.2, 0.25) is 0 Å². The van der Waals surface area contributed by atoms with Crippen LogP contribution in [0.5, 0.6) is 11.8 Å². The molecular weight excluding hydrogens is 216 g/mol. The van der Waals surface area contributed by atoms with Crippen LogP contribution in [0.25, 0.3) is 0 Å². The molecule has 0 unspecified atom stereocenters. The molecule has 1 aromatic carbocycles. The van der Waals surface area contributed by atoms with Gasteiger partial charge in [-0.3, -0.25) is 0 Å². The second-order valence-electron chi connectivity index (χ2n) is 3.90. The Bertz CT molecular complexity index is 509. The highest BCUT2D eigenvalue weighted by molar-refractivity contribution is 5.37. The average molecular weight is 230 g/mol. The predicted molar refractivity (Wildman–Crippen MR) is 63.9 cm³/mol. The van der Waals surface area contributed by atoms with Crippen molar-refractivity contribution in [3.63, 3.8) is 0 Å². The molecule has 4 heteroatoms. The fraction of sp³-hybridized carbons (Fsp3) is 0.231. The van der Waals surface area contributed by atoms with Crippen molar-refractivity contribution in [2.75, 3.05) is 0 Å². The van der Waals surface area contributed by atoms with Crippen LogP contribution in [-0.4, -0.2) is 15.1 Å². The van der Waals surface area contributed by atoms with Crippen molar-refractivity contribution < 1.29 is 9.84 Å². The molecule has 1 N–H and O–H groups in total. The summed E-state index contributed by atoms with van der Waals surface area (Å²) in [7, 11) is 0. The van der Waals surface area contributed by atoms with Crippen molar-refractivity contribution in [2.45, 2.75) is 20.5 Å². The molecule has 0 saturated carbocycles. The number of aliphatic hydroxyl groups excluding tert-OH is 1. The number of rotatable bonds is 3. The van der Waals surface area contributed by atoms with Crippen molar-refractivity contribution in [1.82, 2.24) is 9.97 Å². The standard InChI is InChI=1S/C13H14N2O2/c1-9-3-4-12(10(2)5-9)17-13-14-6-11(8-16)7-15-13/h3-7,16H,8H2,1-2H3. The Kier molecular flexibility index (Phi) is 3.35. The normalized spacial score (nSPS) is 10.3. The van der Waals surface area contributed by atoms with Crippen LogP contribution in [0.4, 0.5) is 0 Å². The molecule has 2 aromatic rings. The second kappa shape index (κ2) is 4.93. The highest BCUT2D eigenvalue weighted by atomic mass is 16.5. The molecule has 1 aromatic heterocycles. The van der Waals surface area contributed by atoms with E-state index in [-0.39, 0.29) is 12.6 Å². The first-order valence-corrected chi connectivity index (χ1v) is 5.36. The molecule has 0 radical (unpaired) electrons. The van der Waals surface area contributed by atoms with Gasteiger partial charge in [-0.1, -0.05) is 17.7 Å². The maximum absolute atomic E-state index is 8.87. The van der Waals surface area contributed by atoms with Crippen molar-refractivity contribution in [2.24, 2.45) is 0 Å². The van der Waals surface area contributed by atoms with Gasteiger partial charge >= 0.3 is 6.01 Å². The number of aliphatic hydroxyl groups is 1. The number of nitrogens with zero attached hydrogens (tertiary/aromatic N) is 2. The fourth-order valence-corrected chi connectivity index (χ4v) is 1.49. The van der Waals surface area contributed by atoms with Crippen LogP contribution in [0.15, 0.2) is 30.6 Å². The molecular formula is C13H14N2O2. The summed E-state index contributed by atoms with van der Waals surface area (Å²) >= 11 is 0. The van der Waals surface area contributed by atoms with Crippen molar-refractivity contribution in [3.8, 4) is 11.8 Å². The zero-order valence-corrected chi connectivity index (χ0v) is 9.84. The monoisotopic (exact) mass is 230 g/mol. The smallest absolute Gasteiger partial charge is 0.321 e. The van der Waals surface area contributed by atoms with Crippen molar-refractivity contribution in [1.29, 1.82) is 0 Å². The minimum atomic E-state index is -0.0656. The molecule has 0 fully saturated rings. The maximum atomic E-state index is 8.87. The lowest BCUT2D eigenvalue weighted by Crippen LogP contribution is -1.95. The van der Waals surface area contributed by atoms with Gasteiger partial charge in [-0.05, 0) is 25.5 Å². The van der Waals surface area contributed by atoms with E-state index < -0.39 is 0 Å². The van der Waals surface area contributed by atoms with Crippen LogP contribution in [0.3, 0.4) is 0 Å². The highest BCUT2D eigenvalue weighted by Gasteiger charge is 2.03. The lowest BCUT2D eigenvalue weighted by Gasteiger charge is -2.07. The Morgan fingerprint density at radius 3 is 2.47 bits per heavy atom. The van der Waals surface area contributed by atoms with Gasteiger partial charge < -0.3 is 9.84 Å². The quantitative estimate of drug-likeness (QED) is 0.879. The Morgan fingerprint density at radius 1 is 1.18 bits per heavy atom. The van der Waals surface area contributed by atoms with Gasteiger partial charge in [0.2, 0.25) is 0 Å². The lowest BCUT2D eigenvalue weighted by atomic mass is 10.1. The van der Waals surface area contributed by atoms with Gasteiger partial charge in [0.15, 0.2) is 0 Å². The first-order chi connectivity index (χ1) is 8.19. The van der Waals surface area contributed by atoms with Crippen molar-refractivity contribution in [3.05, 3.63) is 47.3 Å². The Labute approximate surface area is 99.9 Å². The van der Waals surface area contributed by atoms with E-state index in [2.05, 4.69) is 9.97 Å². The minimum Gasteiger partial charge on any atom is -0.424 e. The first-order valence-electron chi connectivity index (χ1n) is 5.36. The molecule has 0 atom stereocenters. The molecule has 4 nitrogen and oxygen atoms in total. The molecule has 0 bridgehead atoms. The topological polar surface area (TPSA) is 55.2 Å². The van der Waals surface area contributed by atoms with E-state index in [4.69, 9.17) is 9.84 Å². The van der Waals surface area contributed by atoms with Gasteiger partial charge in [0, 0.05) is 18.0 Å². The van der Waals surface area contributed by atoms with Crippen LogP contribution >= 0.6 is 0 Å². The summed E-state index contributed by atoms with van der Waals surface area (Å²) < 4.78 is 5.56. The number of aryl methyl sites for hydroxylation is 2. The molecule has 1 heterocycles. The van der Waals surface area contributed by atoms with Gasteiger partial charge in [0.1, 0.15) is 5.75 Å². The zero-order chi connectivity index (χ0) is 12.3. The lowest BCUT2D eigenvalue weighted by molar-refractivity contribution is 0.280. The molecule has 2 rings (SSSR count). The van der Waals surface area contributed by atoms with Crippen LogP contribution in [0, 0.1) is 13.8 Å². The van der Waals surface area contributed by atoms with E-state index in [9.17, 15) is 0 Å². The summed E-state index contributed by atoms with van der Waals surface area (Å²) in [4.78, 5) is 8.03. The maximum Gasteiger partial charge on any atom is 0.321 e. The van der Waals surface area contributed by atoms with E-state index in [1.807, 2.05) is 32.0 Å². The number of aromatic nitrogens is 2. The third kappa shape index (κ3) is 2.79. The van der Waals surface area contributed by atoms with Gasteiger partial charge in [0.05, 0.1) is 6.61 Å². The Balaban J connectivity index is 2.19. The fourth-order valence-electron chi connectivity index (χ4n) is 1.49. The summed E-state index contributed by atoms with van der Waals surface area (Å²) in [5.41, 5.74) is 2.89. The number of hydrogen-bond donors (Lipinski definition) is 1. The summed E-state index contributed by atoms with van der Waals surface area (Å²) in [5.74, 6) is 0.743.